The zero-order valence-corrected chi connectivity index (χ0v) is 10.2. The van der Waals surface area contributed by atoms with E-state index in [1.807, 2.05) is 24.3 Å². The van der Waals surface area contributed by atoms with Crippen LogP contribution in [0.15, 0.2) is 57.8 Å². The number of nitrogens with one attached hydrogen (secondary N) is 1. The van der Waals surface area contributed by atoms with Crippen LogP contribution in [0.2, 0.25) is 0 Å². The standard InChI is InChI=1S/C15H15NO2/c1-2-16-15(12-7-8-17-10-12)14-9-11-5-3-4-6-13(11)18-14/h3-10,15-16H,2H2,1H3. The van der Waals surface area contributed by atoms with Crippen LogP contribution < -0.4 is 5.32 Å². The Bertz CT molecular complexity index is 592. The first-order chi connectivity index (χ1) is 8.88. The molecule has 3 nitrogen and oxygen atoms in total. The van der Waals surface area contributed by atoms with Gasteiger partial charge in [-0.05, 0) is 24.7 Å². The van der Waals surface area contributed by atoms with E-state index in [0.717, 1.165) is 28.8 Å². The van der Waals surface area contributed by atoms with Crippen LogP contribution in [-0.2, 0) is 0 Å². The molecule has 0 bridgehead atoms. The Morgan fingerprint density at radius 2 is 2.11 bits per heavy atom. The number of benzene rings is 1. The number of hydrogen-bond acceptors (Lipinski definition) is 3. The number of para-hydroxylation sites is 1. The van der Waals surface area contributed by atoms with Gasteiger partial charge in [0.2, 0.25) is 0 Å². The van der Waals surface area contributed by atoms with Crippen molar-refractivity contribution in [2.45, 2.75) is 13.0 Å². The van der Waals surface area contributed by atoms with Crippen LogP contribution in [-0.4, -0.2) is 6.54 Å². The highest BCUT2D eigenvalue weighted by Crippen LogP contribution is 2.28. The lowest BCUT2D eigenvalue weighted by Gasteiger charge is -2.13. The van der Waals surface area contributed by atoms with Crippen molar-refractivity contribution < 1.29 is 8.83 Å². The van der Waals surface area contributed by atoms with Crippen LogP contribution in [0.3, 0.4) is 0 Å². The Labute approximate surface area is 105 Å². The fourth-order valence-electron chi connectivity index (χ4n) is 2.17. The topological polar surface area (TPSA) is 38.3 Å². The fourth-order valence-corrected chi connectivity index (χ4v) is 2.17. The Kier molecular flexibility index (Phi) is 2.90. The second kappa shape index (κ2) is 4.70. The van der Waals surface area contributed by atoms with Crippen molar-refractivity contribution in [2.75, 3.05) is 6.54 Å². The molecule has 1 unspecified atom stereocenters. The van der Waals surface area contributed by atoms with Gasteiger partial charge in [-0.15, -0.1) is 0 Å². The fraction of sp³-hybridized carbons (Fsp3) is 0.200. The Hall–Kier alpha value is -2.00. The van der Waals surface area contributed by atoms with Crippen molar-refractivity contribution in [2.24, 2.45) is 0 Å². The van der Waals surface area contributed by atoms with Crippen LogP contribution in [0.4, 0.5) is 0 Å². The monoisotopic (exact) mass is 241 g/mol. The first-order valence-corrected chi connectivity index (χ1v) is 6.12. The predicted molar refractivity (Wildman–Crippen MR) is 70.4 cm³/mol. The SMILES string of the molecule is CCNC(c1ccoc1)c1cc2ccccc2o1. The number of rotatable bonds is 4. The molecular formula is C15H15NO2. The third-order valence-electron chi connectivity index (χ3n) is 3.01. The van der Waals surface area contributed by atoms with Crippen molar-refractivity contribution >= 4 is 11.0 Å². The smallest absolute Gasteiger partial charge is 0.134 e. The third kappa shape index (κ3) is 1.93. The summed E-state index contributed by atoms with van der Waals surface area (Å²) < 4.78 is 11.1. The minimum absolute atomic E-state index is 0.0427. The average Bonchev–Trinajstić information content (AvgIpc) is 3.04. The van der Waals surface area contributed by atoms with Gasteiger partial charge in [-0.1, -0.05) is 25.1 Å². The summed E-state index contributed by atoms with van der Waals surface area (Å²) in [5.74, 6) is 0.916. The maximum Gasteiger partial charge on any atom is 0.134 e. The summed E-state index contributed by atoms with van der Waals surface area (Å²) in [7, 11) is 0. The van der Waals surface area contributed by atoms with E-state index in [1.165, 1.54) is 0 Å². The molecule has 0 aliphatic rings. The van der Waals surface area contributed by atoms with Crippen LogP contribution in [0.25, 0.3) is 11.0 Å². The number of fused-ring (bicyclic) bond motifs is 1. The Balaban J connectivity index is 2.04. The maximum atomic E-state index is 5.90. The molecule has 3 rings (SSSR count). The molecule has 2 aromatic heterocycles. The van der Waals surface area contributed by atoms with Crippen LogP contribution in [0.5, 0.6) is 0 Å². The lowest BCUT2D eigenvalue weighted by Crippen LogP contribution is -2.20. The molecule has 92 valence electrons. The van der Waals surface area contributed by atoms with E-state index in [4.69, 9.17) is 8.83 Å². The molecule has 3 heteroatoms. The summed E-state index contributed by atoms with van der Waals surface area (Å²) in [6.45, 7) is 2.95. The van der Waals surface area contributed by atoms with Gasteiger partial charge in [-0.25, -0.2) is 0 Å². The molecule has 3 aromatic rings. The van der Waals surface area contributed by atoms with Crippen molar-refractivity contribution in [3.8, 4) is 0 Å². The summed E-state index contributed by atoms with van der Waals surface area (Å²) in [5, 5.41) is 4.53. The van der Waals surface area contributed by atoms with E-state index in [1.54, 1.807) is 12.5 Å². The molecule has 2 heterocycles. The summed E-state index contributed by atoms with van der Waals surface area (Å²) >= 11 is 0. The molecule has 0 fully saturated rings. The zero-order valence-electron chi connectivity index (χ0n) is 10.2. The Morgan fingerprint density at radius 1 is 1.22 bits per heavy atom. The largest absolute Gasteiger partial charge is 0.472 e. The molecule has 0 aliphatic carbocycles. The van der Waals surface area contributed by atoms with Crippen LogP contribution in [0.1, 0.15) is 24.3 Å². The van der Waals surface area contributed by atoms with Gasteiger partial charge in [0.05, 0.1) is 18.6 Å². The summed E-state index contributed by atoms with van der Waals surface area (Å²) in [6.07, 6.45) is 3.43. The van der Waals surface area contributed by atoms with Gasteiger partial charge >= 0.3 is 0 Å². The molecule has 0 saturated heterocycles. The highest BCUT2D eigenvalue weighted by Gasteiger charge is 2.18. The molecular weight excluding hydrogens is 226 g/mol. The highest BCUT2D eigenvalue weighted by atomic mass is 16.3. The van der Waals surface area contributed by atoms with Gasteiger partial charge in [0, 0.05) is 10.9 Å². The first-order valence-electron chi connectivity index (χ1n) is 6.12. The van der Waals surface area contributed by atoms with Crippen molar-refractivity contribution in [1.82, 2.24) is 5.32 Å². The molecule has 1 atom stereocenters. The van der Waals surface area contributed by atoms with Crippen molar-refractivity contribution in [1.29, 1.82) is 0 Å². The van der Waals surface area contributed by atoms with E-state index in [2.05, 4.69) is 24.4 Å². The van der Waals surface area contributed by atoms with Gasteiger partial charge in [0.15, 0.2) is 0 Å². The van der Waals surface area contributed by atoms with E-state index in [9.17, 15) is 0 Å². The van der Waals surface area contributed by atoms with E-state index >= 15 is 0 Å². The summed E-state index contributed by atoms with van der Waals surface area (Å²) in [6, 6.07) is 12.1. The molecule has 1 N–H and O–H groups in total. The lowest BCUT2D eigenvalue weighted by atomic mass is 10.1. The predicted octanol–water partition coefficient (Wildman–Crippen LogP) is 3.72. The van der Waals surface area contributed by atoms with Crippen LogP contribution in [0, 0.1) is 0 Å². The highest BCUT2D eigenvalue weighted by molar-refractivity contribution is 5.77. The summed E-state index contributed by atoms with van der Waals surface area (Å²) in [5.41, 5.74) is 2.00. The molecule has 0 saturated carbocycles. The third-order valence-corrected chi connectivity index (χ3v) is 3.01. The molecule has 0 radical (unpaired) electrons. The quantitative estimate of drug-likeness (QED) is 0.756. The van der Waals surface area contributed by atoms with Gasteiger partial charge in [0.25, 0.3) is 0 Å². The number of hydrogen-bond donors (Lipinski definition) is 1. The van der Waals surface area contributed by atoms with E-state index < -0.39 is 0 Å². The maximum absolute atomic E-state index is 5.90. The zero-order chi connectivity index (χ0) is 12.4. The van der Waals surface area contributed by atoms with Gasteiger partial charge in [-0.2, -0.15) is 0 Å². The first kappa shape index (κ1) is 11.1. The van der Waals surface area contributed by atoms with Crippen LogP contribution >= 0.6 is 0 Å². The molecule has 0 spiro atoms. The van der Waals surface area contributed by atoms with E-state index in [0.29, 0.717) is 0 Å². The minimum atomic E-state index is 0.0427. The molecule has 18 heavy (non-hydrogen) atoms. The van der Waals surface area contributed by atoms with Gasteiger partial charge in [0.1, 0.15) is 11.3 Å². The lowest BCUT2D eigenvalue weighted by molar-refractivity contribution is 0.472. The second-order valence-corrected chi connectivity index (χ2v) is 4.23. The van der Waals surface area contributed by atoms with Crippen molar-refractivity contribution in [3.63, 3.8) is 0 Å². The van der Waals surface area contributed by atoms with Crippen molar-refractivity contribution in [3.05, 3.63) is 60.2 Å². The molecule has 0 aliphatic heterocycles. The number of furan rings is 2. The molecule has 0 amide bonds. The molecule has 1 aromatic carbocycles. The average molecular weight is 241 g/mol. The van der Waals surface area contributed by atoms with Gasteiger partial charge < -0.3 is 14.2 Å². The normalized spacial score (nSPS) is 12.9. The van der Waals surface area contributed by atoms with E-state index in [-0.39, 0.29) is 6.04 Å². The Morgan fingerprint density at radius 3 is 2.83 bits per heavy atom. The second-order valence-electron chi connectivity index (χ2n) is 4.23. The minimum Gasteiger partial charge on any atom is -0.472 e. The summed E-state index contributed by atoms with van der Waals surface area (Å²) in [4.78, 5) is 0. The van der Waals surface area contributed by atoms with Gasteiger partial charge in [-0.3, -0.25) is 0 Å².